The van der Waals surface area contributed by atoms with Crippen LogP contribution in [0.2, 0.25) is 0 Å². The van der Waals surface area contributed by atoms with E-state index in [1.54, 1.807) is 6.92 Å². The van der Waals surface area contributed by atoms with Crippen molar-refractivity contribution in [2.75, 3.05) is 19.8 Å². The van der Waals surface area contributed by atoms with E-state index in [9.17, 15) is 4.79 Å². The predicted molar refractivity (Wildman–Crippen MR) is 57.5 cm³/mol. The second-order valence-corrected chi connectivity index (χ2v) is 3.23. The molecule has 90 valence electrons. The summed E-state index contributed by atoms with van der Waals surface area (Å²) in [4.78, 5) is 11.4. The highest BCUT2D eigenvalue weighted by molar-refractivity contribution is 5.71. The van der Waals surface area contributed by atoms with Crippen molar-refractivity contribution < 1.29 is 19.0 Å². The van der Waals surface area contributed by atoms with Crippen molar-refractivity contribution in [3.8, 4) is 0 Å². The molecular formula is C11H22O4. The van der Waals surface area contributed by atoms with E-state index in [1.165, 1.54) is 0 Å². The van der Waals surface area contributed by atoms with Gasteiger partial charge in [-0.2, -0.15) is 0 Å². The number of rotatable bonds is 8. The third-order valence-electron chi connectivity index (χ3n) is 1.94. The van der Waals surface area contributed by atoms with E-state index in [2.05, 4.69) is 0 Å². The molecule has 15 heavy (non-hydrogen) atoms. The Morgan fingerprint density at radius 1 is 1.07 bits per heavy atom. The van der Waals surface area contributed by atoms with Crippen molar-refractivity contribution in [3.63, 3.8) is 0 Å². The van der Waals surface area contributed by atoms with Crippen LogP contribution in [0.1, 0.15) is 34.1 Å². The largest absolute Gasteiger partial charge is 0.466 e. The minimum absolute atomic E-state index is 0.187. The van der Waals surface area contributed by atoms with Gasteiger partial charge in [0.15, 0.2) is 6.29 Å². The zero-order chi connectivity index (χ0) is 11.7. The fourth-order valence-electron chi connectivity index (χ4n) is 1.23. The molecule has 1 atom stereocenters. The summed E-state index contributed by atoms with van der Waals surface area (Å²) in [6.45, 7) is 9.01. The van der Waals surface area contributed by atoms with Gasteiger partial charge in [-0.05, 0) is 20.8 Å². The Labute approximate surface area is 91.9 Å². The van der Waals surface area contributed by atoms with Gasteiger partial charge >= 0.3 is 5.97 Å². The van der Waals surface area contributed by atoms with Crippen molar-refractivity contribution in [2.45, 2.75) is 40.4 Å². The minimum atomic E-state index is -0.306. The van der Waals surface area contributed by atoms with E-state index in [-0.39, 0.29) is 18.2 Å². The van der Waals surface area contributed by atoms with Gasteiger partial charge < -0.3 is 14.2 Å². The minimum Gasteiger partial charge on any atom is -0.466 e. The lowest BCUT2D eigenvalue weighted by Gasteiger charge is -2.19. The van der Waals surface area contributed by atoms with Crippen molar-refractivity contribution in [2.24, 2.45) is 5.92 Å². The first-order valence-electron chi connectivity index (χ1n) is 5.55. The predicted octanol–water partition coefficient (Wildman–Crippen LogP) is 1.97. The first-order valence-corrected chi connectivity index (χ1v) is 5.55. The van der Waals surface area contributed by atoms with Gasteiger partial charge in [-0.1, -0.05) is 6.92 Å². The molecule has 0 aliphatic heterocycles. The Hall–Kier alpha value is -0.610. The molecule has 0 spiro atoms. The molecule has 0 aliphatic carbocycles. The number of hydrogen-bond donors (Lipinski definition) is 0. The molecule has 0 fully saturated rings. The van der Waals surface area contributed by atoms with Gasteiger partial charge in [-0.3, -0.25) is 4.79 Å². The molecule has 0 saturated heterocycles. The first kappa shape index (κ1) is 14.4. The van der Waals surface area contributed by atoms with E-state index in [0.29, 0.717) is 26.2 Å². The number of ether oxygens (including phenoxy) is 3. The topological polar surface area (TPSA) is 44.8 Å². The van der Waals surface area contributed by atoms with Gasteiger partial charge in [0.1, 0.15) is 0 Å². The molecule has 4 heteroatoms. The molecule has 0 N–H and O–H groups in total. The van der Waals surface area contributed by atoms with Crippen LogP contribution in [0, 0.1) is 5.92 Å². The molecule has 0 rings (SSSR count). The number of hydrogen-bond acceptors (Lipinski definition) is 4. The van der Waals surface area contributed by atoms with Crippen LogP contribution >= 0.6 is 0 Å². The highest BCUT2D eigenvalue weighted by Gasteiger charge is 2.20. The number of carbonyl (C=O) groups excluding carboxylic acids is 1. The average Bonchev–Trinajstić information content (AvgIpc) is 2.18. The number of carbonyl (C=O) groups is 1. The summed E-state index contributed by atoms with van der Waals surface area (Å²) < 4.78 is 15.6. The fourth-order valence-corrected chi connectivity index (χ4v) is 1.23. The maximum absolute atomic E-state index is 11.4. The van der Waals surface area contributed by atoms with Crippen molar-refractivity contribution in [1.29, 1.82) is 0 Å². The standard InChI is InChI=1S/C11H22O4/c1-5-13-10(14-6-2)8-9(4)11(12)15-7-3/h9-10H,5-8H2,1-4H3/t9-/m1/s1. The zero-order valence-corrected chi connectivity index (χ0v) is 10.1. The van der Waals surface area contributed by atoms with Gasteiger partial charge in [0.05, 0.1) is 12.5 Å². The van der Waals surface area contributed by atoms with Crippen LogP contribution in [0.4, 0.5) is 0 Å². The fraction of sp³-hybridized carbons (Fsp3) is 0.909. The van der Waals surface area contributed by atoms with Crippen LogP contribution in [-0.4, -0.2) is 32.1 Å². The van der Waals surface area contributed by atoms with E-state index in [0.717, 1.165) is 0 Å². The van der Waals surface area contributed by atoms with E-state index >= 15 is 0 Å². The highest BCUT2D eigenvalue weighted by Crippen LogP contribution is 2.12. The monoisotopic (exact) mass is 218 g/mol. The van der Waals surface area contributed by atoms with Crippen molar-refractivity contribution >= 4 is 5.97 Å². The summed E-state index contributed by atoms with van der Waals surface area (Å²) in [5, 5.41) is 0. The Kier molecular flexibility index (Phi) is 8.33. The van der Waals surface area contributed by atoms with Gasteiger partial charge in [-0.25, -0.2) is 0 Å². The van der Waals surface area contributed by atoms with E-state index in [1.807, 2.05) is 20.8 Å². The summed E-state index contributed by atoms with van der Waals surface area (Å²) in [5.74, 6) is -0.380. The first-order chi connectivity index (χ1) is 7.15. The molecule has 4 nitrogen and oxygen atoms in total. The Bertz CT molecular complexity index is 164. The van der Waals surface area contributed by atoms with Gasteiger partial charge in [-0.15, -0.1) is 0 Å². The second kappa shape index (κ2) is 8.68. The van der Waals surface area contributed by atoms with E-state index in [4.69, 9.17) is 14.2 Å². The molecule has 0 heterocycles. The van der Waals surface area contributed by atoms with Crippen LogP contribution < -0.4 is 0 Å². The summed E-state index contributed by atoms with van der Waals surface area (Å²) in [6, 6.07) is 0. The van der Waals surface area contributed by atoms with E-state index < -0.39 is 0 Å². The molecular weight excluding hydrogens is 196 g/mol. The van der Waals surface area contributed by atoms with Crippen LogP contribution in [-0.2, 0) is 19.0 Å². The maximum Gasteiger partial charge on any atom is 0.308 e. The van der Waals surface area contributed by atoms with Gasteiger partial charge in [0.2, 0.25) is 0 Å². The van der Waals surface area contributed by atoms with Crippen LogP contribution in [0.5, 0.6) is 0 Å². The molecule has 0 unspecified atom stereocenters. The molecule has 0 aromatic rings. The highest BCUT2D eigenvalue weighted by atomic mass is 16.7. The van der Waals surface area contributed by atoms with Gasteiger partial charge in [0, 0.05) is 19.6 Å². The third kappa shape index (κ3) is 6.47. The summed E-state index contributed by atoms with van der Waals surface area (Å²) in [5.41, 5.74) is 0. The molecule has 0 aromatic heterocycles. The molecule has 0 saturated carbocycles. The number of esters is 1. The van der Waals surface area contributed by atoms with Crippen LogP contribution in [0.3, 0.4) is 0 Å². The molecule has 0 amide bonds. The summed E-state index contributed by atoms with van der Waals surface area (Å²) in [6.07, 6.45) is 0.236. The molecule has 0 bridgehead atoms. The Balaban J connectivity index is 3.96. The summed E-state index contributed by atoms with van der Waals surface area (Å²) >= 11 is 0. The lowest BCUT2D eigenvalue weighted by molar-refractivity contribution is -0.163. The summed E-state index contributed by atoms with van der Waals surface area (Å²) in [7, 11) is 0. The third-order valence-corrected chi connectivity index (χ3v) is 1.94. The van der Waals surface area contributed by atoms with Crippen LogP contribution in [0.15, 0.2) is 0 Å². The van der Waals surface area contributed by atoms with Crippen LogP contribution in [0.25, 0.3) is 0 Å². The Morgan fingerprint density at radius 2 is 1.60 bits per heavy atom. The van der Waals surface area contributed by atoms with Crippen molar-refractivity contribution in [1.82, 2.24) is 0 Å². The maximum atomic E-state index is 11.4. The molecule has 0 aliphatic rings. The quantitative estimate of drug-likeness (QED) is 0.461. The lowest BCUT2D eigenvalue weighted by Crippen LogP contribution is -2.25. The molecule has 0 aromatic carbocycles. The average molecular weight is 218 g/mol. The second-order valence-electron chi connectivity index (χ2n) is 3.23. The SMILES string of the molecule is CCOC(=O)[C@H](C)CC(OCC)OCC. The normalized spacial score (nSPS) is 12.9. The Morgan fingerprint density at radius 3 is 2.00 bits per heavy atom. The zero-order valence-electron chi connectivity index (χ0n) is 10.1. The lowest BCUT2D eigenvalue weighted by atomic mass is 10.1. The van der Waals surface area contributed by atoms with Gasteiger partial charge in [0.25, 0.3) is 0 Å². The molecule has 0 radical (unpaired) electrons. The smallest absolute Gasteiger partial charge is 0.308 e. The van der Waals surface area contributed by atoms with Crippen molar-refractivity contribution in [3.05, 3.63) is 0 Å².